The molecular formula is C24H28O5. The molecule has 2 saturated heterocycles. The Balaban J connectivity index is 1.40. The Morgan fingerprint density at radius 2 is 1.28 bits per heavy atom. The fraction of sp³-hybridized carbons (Fsp3) is 0.500. The maximum atomic E-state index is 11.4. The predicted octanol–water partition coefficient (Wildman–Crippen LogP) is 4.73. The Bertz CT molecular complexity index is 807. The second kappa shape index (κ2) is 7.63. The number of rotatable bonds is 4. The highest BCUT2D eigenvalue weighted by Gasteiger charge is 2.38. The lowest BCUT2D eigenvalue weighted by atomic mass is 9.93. The molecule has 5 nitrogen and oxygen atoms in total. The summed E-state index contributed by atoms with van der Waals surface area (Å²) in [5.41, 5.74) is 2.66. The third kappa shape index (κ3) is 3.63. The van der Waals surface area contributed by atoms with Crippen LogP contribution in [0.15, 0.2) is 36.4 Å². The molecule has 0 saturated carbocycles. The van der Waals surface area contributed by atoms with E-state index < -0.39 is 5.60 Å². The van der Waals surface area contributed by atoms with Crippen molar-refractivity contribution in [3.05, 3.63) is 47.5 Å². The third-order valence-electron chi connectivity index (χ3n) is 6.13. The molecule has 0 aromatic heterocycles. The van der Waals surface area contributed by atoms with Crippen molar-refractivity contribution in [2.24, 2.45) is 0 Å². The van der Waals surface area contributed by atoms with E-state index in [1.54, 1.807) is 0 Å². The molecule has 2 heterocycles. The van der Waals surface area contributed by atoms with Crippen molar-refractivity contribution in [2.75, 3.05) is 13.2 Å². The number of fused-ring (bicyclic) bond motifs is 3. The van der Waals surface area contributed by atoms with Gasteiger partial charge in [0.2, 0.25) is 0 Å². The zero-order chi connectivity index (χ0) is 19.8. The van der Waals surface area contributed by atoms with Crippen LogP contribution < -0.4 is 9.47 Å². The van der Waals surface area contributed by atoms with Crippen LogP contribution in [0.25, 0.3) is 11.1 Å². The first-order valence-corrected chi connectivity index (χ1v) is 10.7. The molecule has 3 aliphatic rings. The third-order valence-corrected chi connectivity index (χ3v) is 6.13. The quantitative estimate of drug-likeness (QED) is 0.809. The molecule has 5 rings (SSSR count). The van der Waals surface area contributed by atoms with Crippen molar-refractivity contribution in [1.29, 1.82) is 0 Å². The van der Waals surface area contributed by atoms with Gasteiger partial charge in [-0.25, -0.2) is 0 Å². The zero-order valence-electron chi connectivity index (χ0n) is 16.9. The van der Waals surface area contributed by atoms with Crippen LogP contribution in [-0.4, -0.2) is 30.9 Å². The summed E-state index contributed by atoms with van der Waals surface area (Å²) in [5.74, 6) is 1.46. The Morgan fingerprint density at radius 1 is 0.793 bits per heavy atom. The predicted molar refractivity (Wildman–Crippen MR) is 109 cm³/mol. The summed E-state index contributed by atoms with van der Waals surface area (Å²) < 4.78 is 23.4. The van der Waals surface area contributed by atoms with Crippen LogP contribution in [0.3, 0.4) is 0 Å². The lowest BCUT2D eigenvalue weighted by molar-refractivity contribution is -0.106. The average Bonchev–Trinajstić information content (AvgIpc) is 2.96. The van der Waals surface area contributed by atoms with Crippen molar-refractivity contribution >= 4 is 0 Å². The number of ether oxygens (including phenoxy) is 4. The monoisotopic (exact) mass is 396 g/mol. The van der Waals surface area contributed by atoms with Gasteiger partial charge in [0.15, 0.2) is 12.6 Å². The molecule has 2 aromatic carbocycles. The van der Waals surface area contributed by atoms with Gasteiger partial charge in [0.05, 0.1) is 13.2 Å². The van der Waals surface area contributed by atoms with Gasteiger partial charge >= 0.3 is 0 Å². The van der Waals surface area contributed by atoms with E-state index in [1.807, 2.05) is 43.3 Å². The van der Waals surface area contributed by atoms with Gasteiger partial charge in [0.25, 0.3) is 0 Å². The van der Waals surface area contributed by atoms with Crippen LogP contribution in [0.5, 0.6) is 11.5 Å². The molecule has 1 N–H and O–H groups in total. The highest BCUT2D eigenvalue weighted by atomic mass is 16.7. The van der Waals surface area contributed by atoms with E-state index in [1.165, 1.54) is 0 Å². The van der Waals surface area contributed by atoms with Gasteiger partial charge in [-0.3, -0.25) is 0 Å². The highest BCUT2D eigenvalue weighted by molar-refractivity contribution is 5.81. The molecule has 2 atom stereocenters. The molecule has 0 bridgehead atoms. The van der Waals surface area contributed by atoms with E-state index in [9.17, 15) is 5.11 Å². The number of hydrogen-bond donors (Lipinski definition) is 1. The Hall–Kier alpha value is -2.08. The molecular weight excluding hydrogens is 368 g/mol. The number of hydrogen-bond acceptors (Lipinski definition) is 5. The van der Waals surface area contributed by atoms with Gasteiger partial charge in [-0.15, -0.1) is 0 Å². The lowest BCUT2D eigenvalue weighted by Gasteiger charge is -2.25. The Labute approximate surface area is 171 Å². The van der Waals surface area contributed by atoms with Crippen LogP contribution in [0, 0.1) is 0 Å². The molecule has 29 heavy (non-hydrogen) atoms. The van der Waals surface area contributed by atoms with Crippen molar-refractivity contribution in [3.8, 4) is 22.6 Å². The molecule has 154 valence electrons. The van der Waals surface area contributed by atoms with Crippen LogP contribution in [-0.2, 0) is 15.1 Å². The molecule has 2 aliphatic heterocycles. The van der Waals surface area contributed by atoms with E-state index in [0.717, 1.165) is 85.5 Å². The normalized spacial score (nSPS) is 28.5. The average molecular weight is 396 g/mol. The molecule has 2 aromatic rings. The lowest BCUT2D eigenvalue weighted by Crippen LogP contribution is -2.25. The van der Waals surface area contributed by atoms with Gasteiger partial charge in [0, 0.05) is 12.8 Å². The van der Waals surface area contributed by atoms with Crippen LogP contribution >= 0.6 is 0 Å². The van der Waals surface area contributed by atoms with Gasteiger partial charge in [-0.2, -0.15) is 0 Å². The van der Waals surface area contributed by atoms with Gasteiger partial charge < -0.3 is 24.1 Å². The molecule has 5 heteroatoms. The van der Waals surface area contributed by atoms with Crippen molar-refractivity contribution in [2.45, 2.75) is 63.6 Å². The summed E-state index contributed by atoms with van der Waals surface area (Å²) in [5, 5.41) is 11.4. The first-order chi connectivity index (χ1) is 14.1. The minimum Gasteiger partial charge on any atom is -0.465 e. The molecule has 2 fully saturated rings. The largest absolute Gasteiger partial charge is 0.465 e. The maximum Gasteiger partial charge on any atom is 0.199 e. The topological polar surface area (TPSA) is 57.2 Å². The first-order valence-electron chi connectivity index (χ1n) is 10.7. The second-order valence-electron chi connectivity index (χ2n) is 8.31. The molecule has 2 unspecified atom stereocenters. The SMILES string of the molecule is CC1(O)c2cc(OC3CCCCO3)ccc2-c2ccc(OC3CCCCO3)cc21. The summed E-state index contributed by atoms with van der Waals surface area (Å²) in [7, 11) is 0. The van der Waals surface area contributed by atoms with Crippen LogP contribution in [0.2, 0.25) is 0 Å². The van der Waals surface area contributed by atoms with E-state index in [2.05, 4.69) is 0 Å². The minimum atomic E-state index is -1.11. The Morgan fingerprint density at radius 3 is 1.69 bits per heavy atom. The van der Waals surface area contributed by atoms with E-state index in [0.29, 0.717) is 0 Å². The summed E-state index contributed by atoms with van der Waals surface area (Å²) in [4.78, 5) is 0. The maximum absolute atomic E-state index is 11.4. The van der Waals surface area contributed by atoms with Crippen LogP contribution in [0.1, 0.15) is 56.6 Å². The minimum absolute atomic E-state index is 0.203. The van der Waals surface area contributed by atoms with Crippen molar-refractivity contribution in [1.82, 2.24) is 0 Å². The number of benzene rings is 2. The zero-order valence-corrected chi connectivity index (χ0v) is 16.9. The fourth-order valence-electron chi connectivity index (χ4n) is 4.53. The van der Waals surface area contributed by atoms with Crippen LogP contribution in [0.4, 0.5) is 0 Å². The molecule has 0 spiro atoms. The standard InChI is InChI=1S/C24H28O5/c1-24(25)20-14-16(28-22-6-2-4-12-26-22)8-10-18(20)19-11-9-17(15-21(19)24)29-23-7-3-5-13-27-23/h8-11,14-15,22-23,25H,2-7,12-13H2,1H3. The molecule has 0 amide bonds. The summed E-state index contributed by atoms with van der Waals surface area (Å²) in [6, 6.07) is 11.9. The number of aliphatic hydroxyl groups is 1. The van der Waals surface area contributed by atoms with E-state index in [4.69, 9.17) is 18.9 Å². The molecule has 1 aliphatic carbocycles. The van der Waals surface area contributed by atoms with E-state index >= 15 is 0 Å². The van der Waals surface area contributed by atoms with Crippen molar-refractivity contribution < 1.29 is 24.1 Å². The molecule has 0 radical (unpaired) electrons. The van der Waals surface area contributed by atoms with E-state index in [-0.39, 0.29) is 12.6 Å². The second-order valence-corrected chi connectivity index (χ2v) is 8.31. The van der Waals surface area contributed by atoms with Gasteiger partial charge in [-0.05, 0) is 79.1 Å². The Kier molecular flexibility index (Phi) is 4.98. The van der Waals surface area contributed by atoms with Gasteiger partial charge in [0.1, 0.15) is 17.1 Å². The van der Waals surface area contributed by atoms with Crippen molar-refractivity contribution in [3.63, 3.8) is 0 Å². The first kappa shape index (κ1) is 18.9. The summed E-state index contributed by atoms with van der Waals surface area (Å²) in [6.07, 6.45) is 5.81. The summed E-state index contributed by atoms with van der Waals surface area (Å²) >= 11 is 0. The highest BCUT2D eigenvalue weighted by Crippen LogP contribution is 2.49. The smallest absolute Gasteiger partial charge is 0.199 e. The fourth-order valence-corrected chi connectivity index (χ4v) is 4.53. The summed E-state index contributed by atoms with van der Waals surface area (Å²) in [6.45, 7) is 3.32. The van der Waals surface area contributed by atoms with Gasteiger partial charge in [-0.1, -0.05) is 12.1 Å².